The SMILES string of the molecule is COC(=O)CN1C(=O)C2C(=Nc3n(C4CCCC4)c(C)c[n+]32)N(C)C1=O. The molecule has 0 spiro atoms. The second kappa shape index (κ2) is 5.93. The molecule has 3 heterocycles. The van der Waals surface area contributed by atoms with Gasteiger partial charge in [-0.1, -0.05) is 4.99 Å². The number of esters is 1. The van der Waals surface area contributed by atoms with Crippen LogP contribution in [-0.2, 0) is 14.3 Å². The van der Waals surface area contributed by atoms with E-state index in [4.69, 9.17) is 0 Å². The van der Waals surface area contributed by atoms with E-state index < -0.39 is 30.5 Å². The third-order valence-electron chi connectivity index (χ3n) is 5.46. The fraction of sp³-hybridized carbons (Fsp3) is 0.588. The average molecular weight is 360 g/mol. The molecule has 3 aliphatic rings. The number of hydrogen-bond donors (Lipinski definition) is 0. The molecule has 1 saturated carbocycles. The zero-order valence-corrected chi connectivity index (χ0v) is 15.1. The molecular weight excluding hydrogens is 338 g/mol. The smallest absolute Gasteiger partial charge is 0.402 e. The lowest BCUT2D eigenvalue weighted by molar-refractivity contribution is -0.677. The van der Waals surface area contributed by atoms with Gasteiger partial charge < -0.3 is 4.74 Å². The number of likely N-dealkylation sites (N-methyl/N-ethyl adjacent to an activating group) is 1. The van der Waals surface area contributed by atoms with Crippen molar-refractivity contribution in [1.82, 2.24) is 14.4 Å². The van der Waals surface area contributed by atoms with Crippen molar-refractivity contribution in [3.8, 4) is 0 Å². The Morgan fingerprint density at radius 2 is 2.04 bits per heavy atom. The van der Waals surface area contributed by atoms with Crippen molar-refractivity contribution >= 4 is 29.7 Å². The van der Waals surface area contributed by atoms with Crippen LogP contribution in [0.25, 0.3) is 0 Å². The monoisotopic (exact) mass is 360 g/mol. The number of carbonyl (C=O) groups excluding carboxylic acids is 3. The molecule has 9 heteroatoms. The molecule has 4 rings (SSSR count). The molecule has 0 N–H and O–H groups in total. The third-order valence-corrected chi connectivity index (χ3v) is 5.46. The second-order valence-corrected chi connectivity index (χ2v) is 7.00. The number of aromatic nitrogens is 2. The molecule has 1 saturated heterocycles. The van der Waals surface area contributed by atoms with Crippen molar-refractivity contribution in [1.29, 1.82) is 0 Å². The number of carbonyl (C=O) groups is 3. The van der Waals surface area contributed by atoms with Crippen molar-refractivity contribution in [3.05, 3.63) is 11.9 Å². The Kier molecular flexibility index (Phi) is 3.82. The van der Waals surface area contributed by atoms with Crippen LogP contribution in [0.15, 0.2) is 11.2 Å². The van der Waals surface area contributed by atoms with Crippen LogP contribution < -0.4 is 4.57 Å². The van der Waals surface area contributed by atoms with Gasteiger partial charge in [0.2, 0.25) is 11.9 Å². The summed E-state index contributed by atoms with van der Waals surface area (Å²) in [4.78, 5) is 44.0. The van der Waals surface area contributed by atoms with E-state index in [1.165, 1.54) is 24.9 Å². The van der Waals surface area contributed by atoms with Gasteiger partial charge >= 0.3 is 17.9 Å². The molecule has 3 amide bonds. The van der Waals surface area contributed by atoms with Crippen molar-refractivity contribution in [2.75, 3.05) is 20.7 Å². The first-order valence-corrected chi connectivity index (χ1v) is 8.81. The van der Waals surface area contributed by atoms with Gasteiger partial charge in [0.1, 0.15) is 18.4 Å². The summed E-state index contributed by atoms with van der Waals surface area (Å²) in [5, 5.41) is 0. The molecule has 1 aromatic rings. The number of hydrogen-bond acceptors (Lipinski definition) is 5. The standard InChI is InChI=1S/C17H22N5O4/c1-10-8-20-13-14(18-16(20)22(10)11-6-4-5-7-11)19(2)17(25)21(15(13)24)9-12(23)26-3/h8,11,13H,4-7,9H2,1-3H3/q+1. The van der Waals surface area contributed by atoms with Crippen molar-refractivity contribution < 1.29 is 23.7 Å². The van der Waals surface area contributed by atoms with Crippen molar-refractivity contribution in [2.24, 2.45) is 4.99 Å². The number of rotatable bonds is 3. The molecule has 0 aromatic carbocycles. The largest absolute Gasteiger partial charge is 0.468 e. The number of aliphatic imine (C=N–C) groups is 1. The number of aryl methyl sites for hydroxylation is 1. The Bertz CT molecular complexity index is 836. The summed E-state index contributed by atoms with van der Waals surface area (Å²) in [6.07, 6.45) is 6.47. The second-order valence-electron chi connectivity index (χ2n) is 7.00. The maximum atomic E-state index is 13.0. The predicted octanol–water partition coefficient (Wildman–Crippen LogP) is 0.851. The van der Waals surface area contributed by atoms with E-state index in [0.717, 1.165) is 23.4 Å². The van der Waals surface area contributed by atoms with Gasteiger partial charge in [0, 0.05) is 7.05 Å². The molecule has 26 heavy (non-hydrogen) atoms. The van der Waals surface area contributed by atoms with Crippen molar-refractivity contribution in [3.63, 3.8) is 0 Å². The summed E-state index contributed by atoms with van der Waals surface area (Å²) in [6, 6.07) is -0.915. The normalized spacial score (nSPS) is 22.6. The number of methoxy groups -OCH3 is 1. The summed E-state index contributed by atoms with van der Waals surface area (Å²) in [5.74, 6) is 0.0122. The first-order chi connectivity index (χ1) is 12.4. The van der Waals surface area contributed by atoms with E-state index in [9.17, 15) is 14.4 Å². The van der Waals surface area contributed by atoms with Gasteiger partial charge in [0.25, 0.3) is 5.91 Å². The van der Waals surface area contributed by atoms with Crippen LogP contribution in [0.1, 0.15) is 43.5 Å². The van der Waals surface area contributed by atoms with Gasteiger partial charge in [-0.05, 0) is 32.6 Å². The van der Waals surface area contributed by atoms with Gasteiger partial charge in [-0.15, -0.1) is 0 Å². The molecule has 9 nitrogen and oxygen atoms in total. The van der Waals surface area contributed by atoms with E-state index in [1.54, 1.807) is 7.05 Å². The fourth-order valence-electron chi connectivity index (χ4n) is 4.15. The third kappa shape index (κ3) is 2.26. The number of nitrogens with zero attached hydrogens (tertiary/aromatic N) is 5. The van der Waals surface area contributed by atoms with Gasteiger partial charge in [-0.25, -0.2) is 18.8 Å². The van der Waals surface area contributed by atoms with Gasteiger partial charge in [0.05, 0.1) is 13.2 Å². The molecule has 1 atom stereocenters. The highest BCUT2D eigenvalue weighted by Gasteiger charge is 2.54. The Balaban J connectivity index is 1.75. The minimum Gasteiger partial charge on any atom is -0.468 e. The zero-order chi connectivity index (χ0) is 18.6. The molecule has 0 bridgehead atoms. The first-order valence-electron chi connectivity index (χ1n) is 8.81. The number of ether oxygens (including phenoxy) is 1. The minimum atomic E-state index is -0.723. The molecule has 2 aliphatic heterocycles. The summed E-state index contributed by atoms with van der Waals surface area (Å²) >= 11 is 0. The van der Waals surface area contributed by atoms with E-state index in [2.05, 4.69) is 14.3 Å². The van der Waals surface area contributed by atoms with Crippen LogP contribution in [0.2, 0.25) is 0 Å². The van der Waals surface area contributed by atoms with E-state index in [0.29, 0.717) is 17.8 Å². The number of imidazole rings is 1. The fourth-order valence-corrected chi connectivity index (χ4v) is 4.15. The van der Waals surface area contributed by atoms with Crippen LogP contribution in [0.3, 0.4) is 0 Å². The molecule has 1 aliphatic carbocycles. The van der Waals surface area contributed by atoms with Crippen LogP contribution >= 0.6 is 0 Å². The first kappa shape index (κ1) is 16.7. The minimum absolute atomic E-state index is 0.373. The average Bonchev–Trinajstić information content (AvgIpc) is 3.31. The summed E-state index contributed by atoms with van der Waals surface area (Å²) in [7, 11) is 2.80. The number of imide groups is 1. The number of fused-ring (bicyclic) bond motifs is 3. The lowest BCUT2D eigenvalue weighted by Gasteiger charge is -2.32. The molecule has 0 radical (unpaired) electrons. The van der Waals surface area contributed by atoms with Gasteiger partial charge in [-0.3, -0.25) is 14.5 Å². The maximum Gasteiger partial charge on any atom is 0.402 e. The Hall–Kier alpha value is -2.71. The van der Waals surface area contributed by atoms with Crippen LogP contribution in [-0.4, -0.2) is 58.8 Å². The Morgan fingerprint density at radius 1 is 1.35 bits per heavy atom. The molecule has 1 unspecified atom stereocenters. The van der Waals surface area contributed by atoms with Crippen LogP contribution in [0.5, 0.6) is 0 Å². The van der Waals surface area contributed by atoms with Crippen LogP contribution in [0.4, 0.5) is 10.7 Å². The Labute approximate surface area is 150 Å². The maximum absolute atomic E-state index is 13.0. The lowest BCUT2D eigenvalue weighted by atomic mass is 10.1. The van der Waals surface area contributed by atoms with Crippen LogP contribution in [0, 0.1) is 6.92 Å². The molecule has 1 aromatic heterocycles. The number of amides is 3. The topological polar surface area (TPSA) is 88.1 Å². The van der Waals surface area contributed by atoms with E-state index in [1.807, 2.05) is 17.7 Å². The number of amidine groups is 1. The lowest BCUT2D eigenvalue weighted by Crippen LogP contribution is -2.63. The van der Waals surface area contributed by atoms with Gasteiger partial charge in [0.15, 0.2) is 0 Å². The zero-order valence-electron chi connectivity index (χ0n) is 15.1. The summed E-state index contributed by atoms with van der Waals surface area (Å²) in [5.41, 5.74) is 1.04. The number of urea groups is 1. The van der Waals surface area contributed by atoms with E-state index >= 15 is 0 Å². The molecule has 2 fully saturated rings. The quantitative estimate of drug-likeness (QED) is 0.591. The predicted molar refractivity (Wildman–Crippen MR) is 89.9 cm³/mol. The molecule has 138 valence electrons. The van der Waals surface area contributed by atoms with Gasteiger partial charge in [-0.2, -0.15) is 0 Å². The highest BCUT2D eigenvalue weighted by Crippen LogP contribution is 2.36. The highest BCUT2D eigenvalue weighted by atomic mass is 16.5. The van der Waals surface area contributed by atoms with E-state index in [-0.39, 0.29) is 0 Å². The highest BCUT2D eigenvalue weighted by molar-refractivity contribution is 6.19. The van der Waals surface area contributed by atoms with Crippen molar-refractivity contribution in [2.45, 2.75) is 44.7 Å². The summed E-state index contributed by atoms with van der Waals surface area (Å²) < 4.78 is 8.60. The Morgan fingerprint density at radius 3 is 2.69 bits per heavy atom. The summed E-state index contributed by atoms with van der Waals surface area (Å²) in [6.45, 7) is 1.60. The molecular formula is C17H22N5O4+.